The lowest BCUT2D eigenvalue weighted by atomic mass is 10.2. The number of hydrogen-bond acceptors (Lipinski definition) is 9. The van der Waals surface area contributed by atoms with E-state index in [9.17, 15) is 9.18 Å². The normalized spacial score (nSPS) is 11.9. The molecular formula is C41H61F2N9O2. The van der Waals surface area contributed by atoms with Gasteiger partial charge in [-0.2, -0.15) is 0 Å². The van der Waals surface area contributed by atoms with Crippen LogP contribution in [0.2, 0.25) is 0 Å². The molecule has 3 heterocycles. The first-order valence-electron chi connectivity index (χ1n) is 18.0. The van der Waals surface area contributed by atoms with Gasteiger partial charge in [-0.05, 0) is 90.9 Å². The molecule has 1 aliphatic heterocycles. The van der Waals surface area contributed by atoms with E-state index in [1.54, 1.807) is 32.3 Å². The Balaban J connectivity index is 0.000000726. The van der Waals surface area contributed by atoms with Gasteiger partial charge in [-0.15, -0.1) is 0 Å². The van der Waals surface area contributed by atoms with Gasteiger partial charge in [0.05, 0.1) is 0 Å². The number of allylic oxidation sites excluding steroid dienone is 4. The Morgan fingerprint density at radius 3 is 2.13 bits per heavy atom. The van der Waals surface area contributed by atoms with Crippen LogP contribution in [0.1, 0.15) is 50.7 Å². The largest absolute Gasteiger partial charge is 0.435 e. The summed E-state index contributed by atoms with van der Waals surface area (Å²) in [6.07, 6.45) is 2.95. The van der Waals surface area contributed by atoms with Crippen molar-refractivity contribution in [2.24, 2.45) is 5.73 Å². The third kappa shape index (κ3) is 14.7. The molecule has 1 saturated heterocycles. The Bertz CT molecular complexity index is 1790. The summed E-state index contributed by atoms with van der Waals surface area (Å²) in [7, 11) is 9.14. The van der Waals surface area contributed by atoms with Gasteiger partial charge >= 0.3 is 0 Å². The highest BCUT2D eigenvalue weighted by Gasteiger charge is 2.24. The Morgan fingerprint density at radius 2 is 1.63 bits per heavy atom. The summed E-state index contributed by atoms with van der Waals surface area (Å²) in [4.78, 5) is 30.8. The number of aromatic amines is 1. The molecule has 13 heteroatoms. The molecule has 2 aromatic heterocycles. The van der Waals surface area contributed by atoms with Crippen molar-refractivity contribution in [1.29, 1.82) is 0 Å². The van der Waals surface area contributed by atoms with Crippen LogP contribution < -0.4 is 26.0 Å². The molecule has 0 aliphatic carbocycles. The topological polar surface area (TPSA) is 128 Å². The Hall–Kier alpha value is -5.11. The summed E-state index contributed by atoms with van der Waals surface area (Å²) in [6, 6.07) is 12.9. The Labute approximate surface area is 321 Å². The standard InChI is InChI=1S/C27H30FN7O2.C8H11F.2C2H7N.C2H6/c1-17-15-20-21(31-17)9-10-22(24(20)28)37-26-23(27(36)33(2)3)25(29-16-30-26)32-18-5-7-19(8-6-18)35-13-11-34(4)12-14-35;1-6(2)5-7(3)8(4)9;1-3-2;1-2-3;1-2/h5-10,15-16,31H,11-14H2,1-4H3,(H,29,30,32);5H,3-4H2,1-2H3;3H,1-2H3;2-3H2,1H3;1-2H3. The van der Waals surface area contributed by atoms with Gasteiger partial charge < -0.3 is 40.8 Å². The van der Waals surface area contributed by atoms with Gasteiger partial charge in [-0.1, -0.05) is 45.6 Å². The van der Waals surface area contributed by atoms with Crippen molar-refractivity contribution in [3.05, 3.63) is 102 Å². The second-order valence-electron chi connectivity index (χ2n) is 12.5. The van der Waals surface area contributed by atoms with Gasteiger partial charge in [0, 0.05) is 73.8 Å². The fourth-order valence-electron chi connectivity index (χ4n) is 4.81. The fourth-order valence-corrected chi connectivity index (χ4v) is 4.81. The number of aryl methyl sites for hydroxylation is 1. The fraction of sp³-hybridized carbons (Fsp3) is 0.390. The summed E-state index contributed by atoms with van der Waals surface area (Å²) in [6.45, 7) is 22.8. The van der Waals surface area contributed by atoms with E-state index in [0.29, 0.717) is 16.5 Å². The highest BCUT2D eigenvalue weighted by Crippen LogP contribution is 2.34. The van der Waals surface area contributed by atoms with Crippen LogP contribution in [-0.2, 0) is 0 Å². The number of anilines is 3. The molecule has 0 radical (unpaired) electrons. The predicted molar refractivity (Wildman–Crippen MR) is 222 cm³/mol. The number of aromatic nitrogens is 3. The van der Waals surface area contributed by atoms with Crippen LogP contribution in [-0.4, -0.2) is 98.6 Å². The molecule has 4 aromatic rings. The van der Waals surface area contributed by atoms with Gasteiger partial charge in [0.25, 0.3) is 5.91 Å². The second-order valence-corrected chi connectivity index (χ2v) is 12.5. The van der Waals surface area contributed by atoms with E-state index in [0.717, 1.165) is 55.4 Å². The van der Waals surface area contributed by atoms with Crippen molar-refractivity contribution in [2.45, 2.75) is 41.5 Å². The van der Waals surface area contributed by atoms with Crippen molar-refractivity contribution in [3.8, 4) is 11.6 Å². The van der Waals surface area contributed by atoms with Crippen LogP contribution in [0.3, 0.4) is 0 Å². The van der Waals surface area contributed by atoms with Crippen LogP contribution in [0.15, 0.2) is 85.0 Å². The molecule has 1 amide bonds. The van der Waals surface area contributed by atoms with E-state index in [1.807, 2.05) is 79.9 Å². The van der Waals surface area contributed by atoms with Gasteiger partial charge in [0.15, 0.2) is 17.4 Å². The van der Waals surface area contributed by atoms with E-state index in [2.05, 4.69) is 55.6 Å². The molecule has 0 spiro atoms. The van der Waals surface area contributed by atoms with Crippen LogP contribution in [0.5, 0.6) is 11.6 Å². The molecule has 0 saturated carbocycles. The molecule has 1 fully saturated rings. The van der Waals surface area contributed by atoms with Crippen molar-refractivity contribution in [1.82, 2.24) is 30.1 Å². The molecule has 5 N–H and O–H groups in total. The first-order valence-corrected chi connectivity index (χ1v) is 18.0. The number of nitrogens with one attached hydrogen (secondary N) is 3. The summed E-state index contributed by atoms with van der Waals surface area (Å²) >= 11 is 0. The number of halogens is 2. The van der Waals surface area contributed by atoms with Gasteiger partial charge in [0.1, 0.15) is 17.7 Å². The number of amides is 1. The SMILES string of the molecule is C=C(F)C(=C)C=C(C)C.CC.CCN.CNC.Cc1cc2c(F)c(Oc3ncnc(Nc4ccc(N5CCN(C)CC5)cc4)c3C(=O)N(C)C)ccc2[nH]1. The number of piperazine rings is 1. The Kier molecular flexibility index (Phi) is 21.1. The van der Waals surface area contributed by atoms with Gasteiger partial charge in [-0.25, -0.2) is 18.7 Å². The molecule has 5 rings (SSSR count). The number of carbonyl (C=O) groups is 1. The van der Waals surface area contributed by atoms with Crippen molar-refractivity contribution in [3.63, 3.8) is 0 Å². The number of hydrogen-bond donors (Lipinski definition) is 4. The first-order chi connectivity index (χ1) is 25.7. The van der Waals surface area contributed by atoms with Crippen molar-refractivity contribution in [2.75, 3.05) is 78.2 Å². The predicted octanol–water partition coefficient (Wildman–Crippen LogP) is 8.21. The van der Waals surface area contributed by atoms with Crippen LogP contribution in [0, 0.1) is 12.7 Å². The monoisotopic (exact) mass is 749 g/mol. The number of likely N-dealkylation sites (N-methyl/N-ethyl adjacent to an activating group) is 1. The van der Waals surface area contributed by atoms with Gasteiger partial charge in [0.2, 0.25) is 5.88 Å². The molecule has 11 nitrogen and oxygen atoms in total. The van der Waals surface area contributed by atoms with E-state index in [1.165, 1.54) is 17.3 Å². The maximum absolute atomic E-state index is 15.2. The zero-order valence-electron chi connectivity index (χ0n) is 34.0. The van der Waals surface area contributed by atoms with E-state index in [4.69, 9.17) is 10.5 Å². The molecule has 0 unspecified atom stereocenters. The number of H-pyrrole nitrogens is 1. The average Bonchev–Trinajstić information content (AvgIpc) is 3.52. The van der Waals surface area contributed by atoms with E-state index in [-0.39, 0.29) is 28.9 Å². The minimum absolute atomic E-state index is 0.0273. The maximum Gasteiger partial charge on any atom is 0.262 e. The molecule has 0 atom stereocenters. The molecule has 2 aromatic carbocycles. The minimum atomic E-state index is -0.530. The van der Waals surface area contributed by atoms with E-state index >= 15 is 4.39 Å². The van der Waals surface area contributed by atoms with Crippen LogP contribution >= 0.6 is 0 Å². The van der Waals surface area contributed by atoms with E-state index < -0.39 is 11.6 Å². The van der Waals surface area contributed by atoms with Crippen LogP contribution in [0.4, 0.5) is 26.0 Å². The lowest BCUT2D eigenvalue weighted by molar-refractivity contribution is 0.0824. The molecule has 1 aliphatic rings. The number of nitrogens with two attached hydrogens (primary N) is 1. The highest BCUT2D eigenvalue weighted by molar-refractivity contribution is 6.01. The number of nitrogens with zero attached hydrogens (tertiary/aromatic N) is 5. The third-order valence-corrected chi connectivity index (χ3v) is 7.29. The van der Waals surface area contributed by atoms with Gasteiger partial charge in [-0.3, -0.25) is 4.79 Å². The number of ether oxygens (including phenoxy) is 1. The minimum Gasteiger partial charge on any atom is -0.435 e. The second kappa shape index (κ2) is 24.3. The number of benzene rings is 2. The summed E-state index contributed by atoms with van der Waals surface area (Å²) in [5, 5.41) is 6.37. The Morgan fingerprint density at radius 1 is 1.06 bits per heavy atom. The number of carbonyl (C=O) groups excluding carboxylic acids is 1. The van der Waals surface area contributed by atoms with Crippen molar-refractivity contribution >= 4 is 34.0 Å². The molecular weight excluding hydrogens is 689 g/mol. The lowest BCUT2D eigenvalue weighted by Gasteiger charge is -2.34. The molecule has 0 bridgehead atoms. The average molecular weight is 750 g/mol. The molecule has 54 heavy (non-hydrogen) atoms. The zero-order chi connectivity index (χ0) is 41.0. The highest BCUT2D eigenvalue weighted by atomic mass is 19.1. The summed E-state index contributed by atoms with van der Waals surface area (Å²) in [5.74, 6) is -1.15. The quantitative estimate of drug-likeness (QED) is 0.132. The zero-order valence-corrected chi connectivity index (χ0v) is 34.0. The lowest BCUT2D eigenvalue weighted by Crippen LogP contribution is -2.44. The summed E-state index contributed by atoms with van der Waals surface area (Å²) in [5.41, 5.74) is 9.74. The number of rotatable bonds is 8. The smallest absolute Gasteiger partial charge is 0.262 e. The summed E-state index contributed by atoms with van der Waals surface area (Å²) < 4.78 is 33.2. The van der Waals surface area contributed by atoms with Crippen LogP contribution in [0.25, 0.3) is 10.9 Å². The van der Waals surface area contributed by atoms with Crippen molar-refractivity contribution < 1.29 is 18.3 Å². The maximum atomic E-state index is 15.2. The third-order valence-electron chi connectivity index (χ3n) is 7.29. The number of fused-ring (bicyclic) bond motifs is 1. The molecule has 296 valence electrons. The first kappa shape index (κ1) is 46.9.